The Balaban J connectivity index is 1.74. The molecule has 1 fully saturated rings. The molecule has 7 nitrogen and oxygen atoms in total. The first-order chi connectivity index (χ1) is 11.5. The largest absolute Gasteiger partial charge is 0.477 e. The topological polar surface area (TPSA) is 100 Å². The zero-order valence-electron chi connectivity index (χ0n) is 13.3. The molecule has 128 valence electrons. The van der Waals surface area contributed by atoms with Gasteiger partial charge in [0, 0.05) is 37.0 Å². The lowest BCUT2D eigenvalue weighted by Crippen LogP contribution is -2.33. The Bertz CT molecular complexity index is 734. The summed E-state index contributed by atoms with van der Waals surface area (Å²) in [7, 11) is 0. The number of alkyl halides is 1. The maximum Gasteiger partial charge on any atom is 0.352 e. The van der Waals surface area contributed by atoms with Crippen molar-refractivity contribution < 1.29 is 19.0 Å². The molecule has 1 aliphatic heterocycles. The second-order valence-corrected chi connectivity index (χ2v) is 5.85. The lowest BCUT2D eigenvalue weighted by Gasteiger charge is -2.26. The number of aromatic nitrogens is 3. The molecule has 0 radical (unpaired) electrons. The van der Waals surface area contributed by atoms with E-state index < -0.39 is 12.1 Å². The minimum Gasteiger partial charge on any atom is -0.477 e. The van der Waals surface area contributed by atoms with Crippen LogP contribution in [-0.2, 0) is 4.74 Å². The smallest absolute Gasteiger partial charge is 0.352 e. The number of H-pyrrole nitrogens is 1. The van der Waals surface area contributed by atoms with Gasteiger partial charge in [0.2, 0.25) is 5.95 Å². The predicted molar refractivity (Wildman–Crippen MR) is 85.8 cm³/mol. The zero-order valence-corrected chi connectivity index (χ0v) is 13.3. The number of ether oxygens (including phenoxy) is 1. The predicted octanol–water partition coefficient (Wildman–Crippen LogP) is 2.26. The second kappa shape index (κ2) is 6.96. The molecule has 0 spiro atoms. The van der Waals surface area contributed by atoms with Gasteiger partial charge in [-0.1, -0.05) is 0 Å². The highest BCUT2D eigenvalue weighted by molar-refractivity contribution is 5.87. The molecule has 1 aliphatic rings. The van der Waals surface area contributed by atoms with Crippen LogP contribution in [0.3, 0.4) is 0 Å². The van der Waals surface area contributed by atoms with Gasteiger partial charge in [-0.2, -0.15) is 0 Å². The van der Waals surface area contributed by atoms with Crippen molar-refractivity contribution in [3.8, 4) is 11.3 Å². The van der Waals surface area contributed by atoms with Crippen molar-refractivity contribution in [3.05, 3.63) is 29.7 Å². The van der Waals surface area contributed by atoms with E-state index >= 15 is 0 Å². The number of halogens is 1. The number of nitrogens with zero attached hydrogens (tertiary/aromatic N) is 2. The van der Waals surface area contributed by atoms with Crippen molar-refractivity contribution in [2.24, 2.45) is 5.92 Å². The second-order valence-electron chi connectivity index (χ2n) is 5.85. The molecule has 3 rings (SSSR count). The number of hydrogen-bond acceptors (Lipinski definition) is 5. The van der Waals surface area contributed by atoms with Crippen LogP contribution >= 0.6 is 0 Å². The first-order valence-electron chi connectivity index (χ1n) is 7.76. The third-order valence-electron chi connectivity index (χ3n) is 4.10. The molecule has 0 aromatic carbocycles. The van der Waals surface area contributed by atoms with E-state index in [9.17, 15) is 9.18 Å². The van der Waals surface area contributed by atoms with E-state index in [1.165, 1.54) is 6.07 Å². The van der Waals surface area contributed by atoms with E-state index in [1.807, 2.05) is 6.92 Å². The molecule has 3 N–H and O–H groups in total. The van der Waals surface area contributed by atoms with Crippen LogP contribution in [0.1, 0.15) is 22.5 Å². The SMILES string of the molecule is Cc1cnc(NC[C@H]2CCOC[C@H]2F)nc1-c1c[nH]c(C(=O)O)c1. The first-order valence-corrected chi connectivity index (χ1v) is 7.76. The van der Waals surface area contributed by atoms with Gasteiger partial charge in [-0.05, 0) is 25.0 Å². The van der Waals surface area contributed by atoms with Crippen LogP contribution < -0.4 is 5.32 Å². The van der Waals surface area contributed by atoms with Crippen molar-refractivity contribution in [3.63, 3.8) is 0 Å². The standard InChI is InChI=1S/C16H19FN4O3/c1-9-5-19-16(20-6-10-2-3-24-8-12(10)17)21-14(9)11-4-13(15(22)23)18-7-11/h4-5,7,10,12,18H,2-3,6,8H2,1H3,(H,22,23)(H,19,20,21)/t10-,12-/m1/s1. The lowest BCUT2D eigenvalue weighted by atomic mass is 9.98. The Hall–Kier alpha value is -2.48. The fraction of sp³-hybridized carbons (Fsp3) is 0.438. The summed E-state index contributed by atoms with van der Waals surface area (Å²) < 4.78 is 18.9. The van der Waals surface area contributed by atoms with Gasteiger partial charge in [-0.15, -0.1) is 0 Å². The Morgan fingerprint density at radius 3 is 3.12 bits per heavy atom. The normalized spacial score (nSPS) is 20.8. The van der Waals surface area contributed by atoms with E-state index in [2.05, 4.69) is 20.3 Å². The van der Waals surface area contributed by atoms with Crippen LogP contribution in [0, 0.1) is 12.8 Å². The molecule has 0 bridgehead atoms. The van der Waals surface area contributed by atoms with Crippen molar-refractivity contribution in [2.45, 2.75) is 19.5 Å². The van der Waals surface area contributed by atoms with Crippen LogP contribution in [0.5, 0.6) is 0 Å². The molecule has 0 unspecified atom stereocenters. The summed E-state index contributed by atoms with van der Waals surface area (Å²) in [5, 5.41) is 12.1. The molecule has 0 saturated carbocycles. The zero-order chi connectivity index (χ0) is 17.1. The van der Waals surface area contributed by atoms with Crippen molar-refractivity contribution >= 4 is 11.9 Å². The van der Waals surface area contributed by atoms with Gasteiger partial charge in [0.25, 0.3) is 0 Å². The molecule has 24 heavy (non-hydrogen) atoms. The van der Waals surface area contributed by atoms with Crippen LogP contribution in [0.2, 0.25) is 0 Å². The highest BCUT2D eigenvalue weighted by atomic mass is 19.1. The summed E-state index contributed by atoms with van der Waals surface area (Å²) in [6.45, 7) is 2.98. The van der Waals surface area contributed by atoms with Gasteiger partial charge < -0.3 is 20.1 Å². The molecular weight excluding hydrogens is 315 g/mol. The van der Waals surface area contributed by atoms with Gasteiger partial charge >= 0.3 is 5.97 Å². The number of aromatic carboxylic acids is 1. The molecule has 2 aromatic heterocycles. The number of carboxylic acids is 1. The molecule has 3 heterocycles. The van der Waals surface area contributed by atoms with Gasteiger partial charge in [0.1, 0.15) is 11.9 Å². The monoisotopic (exact) mass is 334 g/mol. The number of carboxylic acid groups (broad SMARTS) is 1. The highest BCUT2D eigenvalue weighted by Crippen LogP contribution is 2.23. The van der Waals surface area contributed by atoms with Crippen LogP contribution in [0.4, 0.5) is 10.3 Å². The fourth-order valence-electron chi connectivity index (χ4n) is 2.67. The number of hydrogen-bond donors (Lipinski definition) is 3. The van der Waals surface area contributed by atoms with E-state index in [4.69, 9.17) is 9.84 Å². The summed E-state index contributed by atoms with van der Waals surface area (Å²) >= 11 is 0. The minimum absolute atomic E-state index is 0.0972. The van der Waals surface area contributed by atoms with E-state index in [-0.39, 0.29) is 18.2 Å². The van der Waals surface area contributed by atoms with Crippen LogP contribution in [-0.4, -0.2) is 52.0 Å². The average molecular weight is 334 g/mol. The Morgan fingerprint density at radius 2 is 2.42 bits per heavy atom. The molecule has 0 amide bonds. The number of carbonyl (C=O) groups is 1. The summed E-state index contributed by atoms with van der Waals surface area (Å²) in [4.78, 5) is 22.3. The third-order valence-corrected chi connectivity index (χ3v) is 4.10. The van der Waals surface area contributed by atoms with E-state index in [0.717, 1.165) is 5.56 Å². The maximum absolute atomic E-state index is 13.8. The Labute approximate surface area is 138 Å². The number of aryl methyl sites for hydroxylation is 1. The van der Waals surface area contributed by atoms with Crippen molar-refractivity contribution in [1.82, 2.24) is 15.0 Å². The summed E-state index contributed by atoms with van der Waals surface area (Å²) in [6, 6.07) is 1.53. The molecule has 2 atom stereocenters. The maximum atomic E-state index is 13.8. The third kappa shape index (κ3) is 3.53. The molecular formula is C16H19FN4O3. The molecule has 1 saturated heterocycles. The van der Waals surface area contributed by atoms with Gasteiger partial charge in [-0.3, -0.25) is 0 Å². The summed E-state index contributed by atoms with van der Waals surface area (Å²) in [5.41, 5.74) is 2.23. The first kappa shape index (κ1) is 16.4. The van der Waals surface area contributed by atoms with Gasteiger partial charge in [0.15, 0.2) is 0 Å². The van der Waals surface area contributed by atoms with Gasteiger partial charge in [-0.25, -0.2) is 19.2 Å². The number of nitrogens with one attached hydrogen (secondary N) is 2. The highest BCUT2D eigenvalue weighted by Gasteiger charge is 2.25. The summed E-state index contributed by atoms with van der Waals surface area (Å²) in [5.74, 6) is -0.759. The molecule has 0 aliphatic carbocycles. The van der Waals surface area contributed by atoms with Crippen LogP contribution in [0.15, 0.2) is 18.5 Å². The molecule has 8 heteroatoms. The summed E-state index contributed by atoms with van der Waals surface area (Å²) in [6.07, 6.45) is 2.93. The quantitative estimate of drug-likeness (QED) is 0.775. The minimum atomic E-state index is -1.03. The number of aromatic amines is 1. The average Bonchev–Trinajstić information content (AvgIpc) is 3.05. The Morgan fingerprint density at radius 1 is 1.58 bits per heavy atom. The van der Waals surface area contributed by atoms with E-state index in [0.29, 0.717) is 36.8 Å². The Kier molecular flexibility index (Phi) is 4.75. The number of rotatable bonds is 5. The van der Waals surface area contributed by atoms with Crippen LogP contribution in [0.25, 0.3) is 11.3 Å². The fourth-order valence-corrected chi connectivity index (χ4v) is 2.67. The van der Waals surface area contributed by atoms with Gasteiger partial charge in [0.05, 0.1) is 12.3 Å². The molecule has 2 aromatic rings. The lowest BCUT2D eigenvalue weighted by molar-refractivity contribution is 0.00273. The van der Waals surface area contributed by atoms with Crippen molar-refractivity contribution in [1.29, 1.82) is 0 Å². The number of anilines is 1. The van der Waals surface area contributed by atoms with E-state index in [1.54, 1.807) is 12.4 Å². The van der Waals surface area contributed by atoms with Crippen molar-refractivity contribution in [2.75, 3.05) is 25.1 Å².